The van der Waals surface area contributed by atoms with Crippen LogP contribution in [0, 0.1) is 11.8 Å². The number of hydrogen-bond donors (Lipinski definition) is 3. The number of rotatable bonds is 6. The molecule has 0 aromatic rings. The Bertz CT molecular complexity index is 188. The highest BCUT2D eigenvalue weighted by Gasteiger charge is 2.25. The molecular formula is C11H24N2O. The molecule has 0 aliphatic heterocycles. The lowest BCUT2D eigenvalue weighted by Gasteiger charge is -2.28. The fraction of sp³-hybridized carbons (Fsp3) is 0.818. The van der Waals surface area contributed by atoms with Crippen molar-refractivity contribution in [2.24, 2.45) is 23.3 Å². The molecule has 0 saturated heterocycles. The van der Waals surface area contributed by atoms with Gasteiger partial charge in [0, 0.05) is 18.2 Å². The van der Waals surface area contributed by atoms with E-state index in [1.54, 1.807) is 6.92 Å². The zero-order chi connectivity index (χ0) is 11.4. The van der Waals surface area contributed by atoms with E-state index in [9.17, 15) is 5.11 Å². The first kappa shape index (κ1) is 13.5. The maximum absolute atomic E-state index is 9.83. The smallest absolute Gasteiger partial charge is 0.0747 e. The highest BCUT2D eigenvalue weighted by molar-refractivity contribution is 4.98. The molecule has 0 amide bonds. The maximum atomic E-state index is 9.83. The summed E-state index contributed by atoms with van der Waals surface area (Å²) in [5, 5.41) is 9.83. The Morgan fingerprint density at radius 2 is 2.00 bits per heavy atom. The van der Waals surface area contributed by atoms with E-state index in [2.05, 4.69) is 20.4 Å². The zero-order valence-corrected chi connectivity index (χ0v) is 9.59. The van der Waals surface area contributed by atoms with Crippen molar-refractivity contribution in [2.75, 3.05) is 6.54 Å². The summed E-state index contributed by atoms with van der Waals surface area (Å²) in [4.78, 5) is 0. The lowest BCUT2D eigenvalue weighted by atomic mass is 9.85. The molecule has 0 aliphatic carbocycles. The van der Waals surface area contributed by atoms with E-state index in [-0.39, 0.29) is 12.5 Å². The molecule has 0 aromatic carbocycles. The van der Waals surface area contributed by atoms with Gasteiger partial charge in [0.1, 0.15) is 0 Å². The molecule has 0 heterocycles. The van der Waals surface area contributed by atoms with E-state index in [1.807, 2.05) is 0 Å². The topological polar surface area (TPSA) is 72.3 Å². The number of hydrogen-bond acceptors (Lipinski definition) is 3. The van der Waals surface area contributed by atoms with Gasteiger partial charge in [0.25, 0.3) is 0 Å². The van der Waals surface area contributed by atoms with Gasteiger partial charge in [0.15, 0.2) is 0 Å². The third kappa shape index (κ3) is 5.25. The molecule has 3 nitrogen and oxygen atoms in total. The van der Waals surface area contributed by atoms with Crippen LogP contribution in [0.15, 0.2) is 12.3 Å². The average Bonchev–Trinajstić information content (AvgIpc) is 2.02. The number of nitrogens with two attached hydrogens (primary N) is 2. The van der Waals surface area contributed by atoms with Crippen LogP contribution in [0.25, 0.3) is 0 Å². The van der Waals surface area contributed by atoms with Gasteiger partial charge in [-0.1, -0.05) is 20.4 Å². The van der Waals surface area contributed by atoms with Gasteiger partial charge in [-0.2, -0.15) is 0 Å². The van der Waals surface area contributed by atoms with Gasteiger partial charge < -0.3 is 16.6 Å². The SMILES string of the molecule is C=C(N)[C@H](CC(C)C)CC(C)(O)CN. The third-order valence-corrected chi connectivity index (χ3v) is 2.41. The normalized spacial score (nSPS) is 17.9. The Balaban J connectivity index is 4.30. The van der Waals surface area contributed by atoms with Crippen molar-refractivity contribution in [3.8, 4) is 0 Å². The molecule has 3 heteroatoms. The van der Waals surface area contributed by atoms with E-state index in [0.717, 1.165) is 6.42 Å². The van der Waals surface area contributed by atoms with E-state index in [1.165, 1.54) is 0 Å². The zero-order valence-electron chi connectivity index (χ0n) is 9.59. The van der Waals surface area contributed by atoms with Crippen molar-refractivity contribution in [1.29, 1.82) is 0 Å². The van der Waals surface area contributed by atoms with Crippen LogP contribution in [-0.4, -0.2) is 17.3 Å². The number of aliphatic hydroxyl groups is 1. The van der Waals surface area contributed by atoms with Crippen LogP contribution in [0.3, 0.4) is 0 Å². The van der Waals surface area contributed by atoms with E-state index in [4.69, 9.17) is 11.5 Å². The minimum atomic E-state index is -0.831. The molecule has 5 N–H and O–H groups in total. The molecule has 0 fully saturated rings. The minimum absolute atomic E-state index is 0.161. The van der Waals surface area contributed by atoms with E-state index >= 15 is 0 Å². The third-order valence-electron chi connectivity index (χ3n) is 2.41. The van der Waals surface area contributed by atoms with Crippen LogP contribution >= 0.6 is 0 Å². The van der Waals surface area contributed by atoms with E-state index < -0.39 is 5.60 Å². The standard InChI is InChI=1S/C11H24N2O/c1-8(2)5-10(9(3)13)6-11(4,14)7-12/h8,10,14H,3,5-7,12-13H2,1-2,4H3/t10-,11?/m1/s1. The van der Waals surface area contributed by atoms with Crippen molar-refractivity contribution in [3.05, 3.63) is 12.3 Å². The molecule has 0 aliphatic rings. The largest absolute Gasteiger partial charge is 0.402 e. The molecule has 0 bridgehead atoms. The van der Waals surface area contributed by atoms with Crippen molar-refractivity contribution in [2.45, 2.75) is 39.2 Å². The Labute approximate surface area is 87.2 Å². The van der Waals surface area contributed by atoms with Gasteiger partial charge in [-0.3, -0.25) is 0 Å². The second kappa shape index (κ2) is 5.37. The monoisotopic (exact) mass is 200 g/mol. The van der Waals surface area contributed by atoms with Crippen molar-refractivity contribution in [1.82, 2.24) is 0 Å². The summed E-state index contributed by atoms with van der Waals surface area (Å²) in [6.07, 6.45) is 1.54. The summed E-state index contributed by atoms with van der Waals surface area (Å²) in [5.74, 6) is 0.711. The van der Waals surface area contributed by atoms with Crippen LogP contribution in [0.4, 0.5) is 0 Å². The summed E-state index contributed by atoms with van der Waals surface area (Å²) in [6.45, 7) is 10.0. The van der Waals surface area contributed by atoms with Crippen LogP contribution in [-0.2, 0) is 0 Å². The Kier molecular flexibility index (Phi) is 5.16. The lowest BCUT2D eigenvalue weighted by molar-refractivity contribution is 0.0442. The molecule has 0 rings (SSSR count). The van der Waals surface area contributed by atoms with E-state index in [0.29, 0.717) is 18.0 Å². The minimum Gasteiger partial charge on any atom is -0.402 e. The molecule has 0 radical (unpaired) electrons. The molecule has 0 spiro atoms. The van der Waals surface area contributed by atoms with Gasteiger partial charge in [-0.25, -0.2) is 0 Å². The summed E-state index contributed by atoms with van der Waals surface area (Å²) < 4.78 is 0. The van der Waals surface area contributed by atoms with Gasteiger partial charge in [0.05, 0.1) is 5.60 Å². The highest BCUT2D eigenvalue weighted by Crippen LogP contribution is 2.25. The second-order valence-electron chi connectivity index (χ2n) is 4.81. The fourth-order valence-corrected chi connectivity index (χ4v) is 1.55. The summed E-state index contributed by atoms with van der Waals surface area (Å²) in [5.41, 5.74) is 11.0. The fourth-order valence-electron chi connectivity index (χ4n) is 1.55. The van der Waals surface area contributed by atoms with Crippen LogP contribution in [0.2, 0.25) is 0 Å². The highest BCUT2D eigenvalue weighted by atomic mass is 16.3. The quantitative estimate of drug-likeness (QED) is 0.603. The molecule has 2 atom stereocenters. The van der Waals surface area contributed by atoms with Crippen LogP contribution in [0.1, 0.15) is 33.6 Å². The van der Waals surface area contributed by atoms with Crippen molar-refractivity contribution in [3.63, 3.8) is 0 Å². The predicted octanol–water partition coefficient (Wildman–Crippen LogP) is 1.22. The first-order valence-corrected chi connectivity index (χ1v) is 5.15. The summed E-state index contributed by atoms with van der Waals surface area (Å²) in [6, 6.07) is 0. The molecular weight excluding hydrogens is 176 g/mol. The summed E-state index contributed by atoms with van der Waals surface area (Å²) in [7, 11) is 0. The molecule has 0 aromatic heterocycles. The average molecular weight is 200 g/mol. The Morgan fingerprint density at radius 3 is 2.29 bits per heavy atom. The summed E-state index contributed by atoms with van der Waals surface area (Å²) >= 11 is 0. The first-order chi connectivity index (χ1) is 6.28. The molecule has 14 heavy (non-hydrogen) atoms. The molecule has 84 valence electrons. The van der Waals surface area contributed by atoms with Crippen molar-refractivity contribution >= 4 is 0 Å². The Hall–Kier alpha value is -0.540. The lowest BCUT2D eigenvalue weighted by Crippen LogP contribution is -2.37. The second-order valence-corrected chi connectivity index (χ2v) is 4.81. The van der Waals surface area contributed by atoms with Gasteiger partial charge in [-0.15, -0.1) is 0 Å². The van der Waals surface area contributed by atoms with Crippen LogP contribution < -0.4 is 11.5 Å². The predicted molar refractivity (Wildman–Crippen MR) is 60.6 cm³/mol. The van der Waals surface area contributed by atoms with Gasteiger partial charge >= 0.3 is 0 Å². The number of allylic oxidation sites excluding steroid dienone is 1. The van der Waals surface area contributed by atoms with Crippen molar-refractivity contribution < 1.29 is 5.11 Å². The molecule has 1 unspecified atom stereocenters. The van der Waals surface area contributed by atoms with Gasteiger partial charge in [0.2, 0.25) is 0 Å². The maximum Gasteiger partial charge on any atom is 0.0747 e. The van der Waals surface area contributed by atoms with Gasteiger partial charge in [-0.05, 0) is 25.7 Å². The molecule has 0 saturated carbocycles. The Morgan fingerprint density at radius 1 is 1.50 bits per heavy atom. The first-order valence-electron chi connectivity index (χ1n) is 5.15. The van der Waals surface area contributed by atoms with Crippen LogP contribution in [0.5, 0.6) is 0 Å².